The Morgan fingerprint density at radius 3 is 2.89 bits per heavy atom. The number of carbonyl (C=O) groups is 1. The molecule has 2 aromatic heterocycles. The molecule has 5 nitrogen and oxygen atoms in total. The minimum absolute atomic E-state index is 0.207. The smallest absolute Gasteiger partial charge is 0.261 e. The molecule has 0 atom stereocenters. The number of nitrogens with two attached hydrogens (primary N) is 1. The van der Waals surface area contributed by atoms with Crippen LogP contribution in [0.25, 0.3) is 0 Å². The molecule has 0 fully saturated rings. The van der Waals surface area contributed by atoms with Gasteiger partial charge in [0.15, 0.2) is 0 Å². The Bertz CT molecular complexity index is 574. The third-order valence-electron chi connectivity index (χ3n) is 2.45. The number of pyridine rings is 2. The first-order valence-corrected chi connectivity index (χ1v) is 5.98. The largest absolute Gasteiger partial charge is 0.383 e. The van der Waals surface area contributed by atoms with Crippen molar-refractivity contribution in [1.29, 1.82) is 0 Å². The molecular weight excluding hydrogens is 296 g/mol. The zero-order chi connectivity index (χ0) is 13.1. The van der Waals surface area contributed by atoms with Crippen LogP contribution in [0.5, 0.6) is 0 Å². The van der Waals surface area contributed by atoms with Gasteiger partial charge >= 0.3 is 0 Å². The summed E-state index contributed by atoms with van der Waals surface area (Å²) >= 11 is 3.27. The van der Waals surface area contributed by atoms with Gasteiger partial charge in [-0.3, -0.25) is 9.78 Å². The van der Waals surface area contributed by atoms with Gasteiger partial charge in [0.05, 0.1) is 17.4 Å². The predicted octanol–water partition coefficient (Wildman–Crippen LogP) is 2.10. The van der Waals surface area contributed by atoms with Crippen LogP contribution in [-0.2, 0) is 0 Å². The Morgan fingerprint density at radius 2 is 2.22 bits per heavy atom. The van der Waals surface area contributed by atoms with Gasteiger partial charge in [-0.05, 0) is 34.1 Å². The van der Waals surface area contributed by atoms with Crippen molar-refractivity contribution in [2.75, 3.05) is 17.7 Å². The second-order valence-electron chi connectivity index (χ2n) is 3.66. The van der Waals surface area contributed by atoms with E-state index < -0.39 is 0 Å². The molecule has 0 unspecified atom stereocenters. The molecule has 2 rings (SSSR count). The molecule has 0 bridgehead atoms. The monoisotopic (exact) mass is 306 g/mol. The SMILES string of the molecule is CN(C(=O)c1cc(Br)cnc1N)c1cccnc1. The van der Waals surface area contributed by atoms with E-state index in [4.69, 9.17) is 5.73 Å². The summed E-state index contributed by atoms with van der Waals surface area (Å²) in [5.74, 6) is -0.0201. The zero-order valence-electron chi connectivity index (χ0n) is 9.67. The van der Waals surface area contributed by atoms with Crippen LogP contribution in [-0.4, -0.2) is 22.9 Å². The number of halogens is 1. The second-order valence-corrected chi connectivity index (χ2v) is 4.58. The highest BCUT2D eigenvalue weighted by Crippen LogP contribution is 2.19. The van der Waals surface area contributed by atoms with Gasteiger partial charge in [-0.2, -0.15) is 0 Å². The van der Waals surface area contributed by atoms with Crippen LogP contribution in [0, 0.1) is 0 Å². The van der Waals surface area contributed by atoms with Crippen LogP contribution in [0.1, 0.15) is 10.4 Å². The number of amides is 1. The molecule has 2 aromatic rings. The average molecular weight is 307 g/mol. The van der Waals surface area contributed by atoms with Gasteiger partial charge < -0.3 is 10.6 Å². The molecule has 0 aliphatic carbocycles. The van der Waals surface area contributed by atoms with Gasteiger partial charge in [-0.1, -0.05) is 0 Å². The lowest BCUT2D eigenvalue weighted by molar-refractivity contribution is 0.0993. The summed E-state index contributed by atoms with van der Waals surface area (Å²) in [6, 6.07) is 5.21. The third-order valence-corrected chi connectivity index (χ3v) is 2.89. The van der Waals surface area contributed by atoms with E-state index in [0.29, 0.717) is 15.7 Å². The van der Waals surface area contributed by atoms with Gasteiger partial charge in [-0.25, -0.2) is 4.98 Å². The number of rotatable bonds is 2. The fraction of sp³-hybridized carbons (Fsp3) is 0.0833. The van der Waals surface area contributed by atoms with Crippen LogP contribution in [0.4, 0.5) is 11.5 Å². The number of nitrogens with zero attached hydrogens (tertiary/aromatic N) is 3. The molecule has 2 N–H and O–H groups in total. The second kappa shape index (κ2) is 5.14. The number of anilines is 2. The molecule has 0 aliphatic heterocycles. The summed E-state index contributed by atoms with van der Waals surface area (Å²) in [5.41, 5.74) is 6.76. The van der Waals surface area contributed by atoms with Gasteiger partial charge in [0.2, 0.25) is 0 Å². The maximum Gasteiger partial charge on any atom is 0.261 e. The third kappa shape index (κ3) is 2.48. The highest BCUT2D eigenvalue weighted by atomic mass is 79.9. The van der Waals surface area contributed by atoms with E-state index in [9.17, 15) is 4.79 Å². The van der Waals surface area contributed by atoms with Crippen molar-refractivity contribution >= 4 is 33.3 Å². The maximum absolute atomic E-state index is 12.3. The molecule has 2 heterocycles. The van der Waals surface area contributed by atoms with Gasteiger partial charge in [0, 0.05) is 23.9 Å². The Morgan fingerprint density at radius 1 is 1.44 bits per heavy atom. The standard InChI is InChI=1S/C12H11BrN4O/c1-17(9-3-2-4-15-7-9)12(18)10-5-8(13)6-16-11(10)14/h2-7H,1H3,(H2,14,16). The fourth-order valence-electron chi connectivity index (χ4n) is 1.47. The topological polar surface area (TPSA) is 72.1 Å². The summed E-state index contributed by atoms with van der Waals surface area (Å²) in [4.78, 5) is 21.7. The lowest BCUT2D eigenvalue weighted by Crippen LogP contribution is -2.27. The summed E-state index contributed by atoms with van der Waals surface area (Å²) in [5, 5.41) is 0. The van der Waals surface area contributed by atoms with Crippen molar-refractivity contribution in [2.24, 2.45) is 0 Å². The quantitative estimate of drug-likeness (QED) is 0.922. The Labute approximate surface area is 113 Å². The Balaban J connectivity index is 2.34. The van der Waals surface area contributed by atoms with Gasteiger partial charge in [-0.15, -0.1) is 0 Å². The summed E-state index contributed by atoms with van der Waals surface area (Å²) < 4.78 is 0.708. The minimum Gasteiger partial charge on any atom is -0.383 e. The Hall–Kier alpha value is -1.95. The van der Waals surface area contributed by atoms with Crippen molar-refractivity contribution in [2.45, 2.75) is 0 Å². The number of nitrogen functional groups attached to an aromatic ring is 1. The number of hydrogen-bond donors (Lipinski definition) is 1. The molecule has 0 saturated heterocycles. The van der Waals surface area contributed by atoms with E-state index >= 15 is 0 Å². The number of aromatic nitrogens is 2. The molecule has 0 spiro atoms. The number of carbonyl (C=O) groups excluding carboxylic acids is 1. The van der Waals surface area contributed by atoms with Crippen LogP contribution < -0.4 is 10.6 Å². The van der Waals surface area contributed by atoms with Crippen LogP contribution >= 0.6 is 15.9 Å². The van der Waals surface area contributed by atoms with Gasteiger partial charge in [0.1, 0.15) is 5.82 Å². The maximum atomic E-state index is 12.3. The molecule has 0 saturated carbocycles. The fourth-order valence-corrected chi connectivity index (χ4v) is 1.80. The van der Waals surface area contributed by atoms with E-state index in [1.54, 1.807) is 43.8 Å². The average Bonchev–Trinajstić information content (AvgIpc) is 2.41. The van der Waals surface area contributed by atoms with Crippen LogP contribution in [0.2, 0.25) is 0 Å². The lowest BCUT2D eigenvalue weighted by atomic mass is 10.2. The van der Waals surface area contributed by atoms with E-state index in [1.807, 2.05) is 0 Å². The predicted molar refractivity (Wildman–Crippen MR) is 73.3 cm³/mol. The molecule has 0 aliphatic rings. The molecule has 1 amide bonds. The van der Waals surface area contributed by atoms with Crippen molar-refractivity contribution in [3.05, 3.63) is 46.8 Å². The molecule has 0 aromatic carbocycles. The van der Waals surface area contributed by atoms with Crippen molar-refractivity contribution in [3.63, 3.8) is 0 Å². The summed E-state index contributed by atoms with van der Waals surface area (Å²) in [6.07, 6.45) is 4.81. The molecule has 0 radical (unpaired) electrons. The van der Waals surface area contributed by atoms with Crippen LogP contribution in [0.3, 0.4) is 0 Å². The molecular formula is C12H11BrN4O. The van der Waals surface area contributed by atoms with Crippen molar-refractivity contribution < 1.29 is 4.79 Å². The normalized spacial score (nSPS) is 10.1. The lowest BCUT2D eigenvalue weighted by Gasteiger charge is -2.17. The minimum atomic E-state index is -0.227. The molecule has 18 heavy (non-hydrogen) atoms. The molecule has 6 heteroatoms. The van der Waals surface area contributed by atoms with E-state index in [-0.39, 0.29) is 11.7 Å². The van der Waals surface area contributed by atoms with Crippen molar-refractivity contribution in [1.82, 2.24) is 9.97 Å². The zero-order valence-corrected chi connectivity index (χ0v) is 11.3. The summed E-state index contributed by atoms with van der Waals surface area (Å²) in [6.45, 7) is 0. The molecule has 92 valence electrons. The first-order chi connectivity index (χ1) is 8.59. The van der Waals surface area contributed by atoms with E-state index in [0.717, 1.165) is 0 Å². The Kier molecular flexibility index (Phi) is 3.57. The summed E-state index contributed by atoms with van der Waals surface area (Å²) in [7, 11) is 1.67. The van der Waals surface area contributed by atoms with E-state index in [1.165, 1.54) is 4.90 Å². The van der Waals surface area contributed by atoms with E-state index in [2.05, 4.69) is 25.9 Å². The van der Waals surface area contributed by atoms with Crippen LogP contribution in [0.15, 0.2) is 41.3 Å². The first kappa shape index (κ1) is 12.5. The highest BCUT2D eigenvalue weighted by molar-refractivity contribution is 9.10. The number of hydrogen-bond acceptors (Lipinski definition) is 4. The van der Waals surface area contributed by atoms with Crippen molar-refractivity contribution in [3.8, 4) is 0 Å². The van der Waals surface area contributed by atoms with Gasteiger partial charge in [0.25, 0.3) is 5.91 Å². The first-order valence-electron chi connectivity index (χ1n) is 5.18. The highest BCUT2D eigenvalue weighted by Gasteiger charge is 2.17.